The SMILES string of the molecule is CCC(C)COP1(=O)OCCCO1. The third kappa shape index (κ3) is 3.77. The Labute approximate surface area is 79.2 Å². The first-order valence-corrected chi connectivity index (χ1v) is 6.16. The van der Waals surface area contributed by atoms with Crippen molar-refractivity contribution in [3.8, 4) is 0 Å². The molecule has 1 heterocycles. The van der Waals surface area contributed by atoms with Crippen molar-refractivity contribution in [3.05, 3.63) is 0 Å². The van der Waals surface area contributed by atoms with Gasteiger partial charge in [0.15, 0.2) is 0 Å². The van der Waals surface area contributed by atoms with Gasteiger partial charge in [-0.3, -0.25) is 13.6 Å². The molecule has 1 fully saturated rings. The minimum Gasteiger partial charge on any atom is -0.287 e. The molecule has 0 bridgehead atoms. The van der Waals surface area contributed by atoms with E-state index in [2.05, 4.69) is 6.92 Å². The first kappa shape index (κ1) is 11.2. The Hall–Kier alpha value is 0.110. The Morgan fingerprint density at radius 3 is 2.62 bits per heavy atom. The number of phosphoric ester groups is 1. The molecule has 1 unspecified atom stereocenters. The summed E-state index contributed by atoms with van der Waals surface area (Å²) in [6, 6.07) is 0. The van der Waals surface area contributed by atoms with Gasteiger partial charge in [0.2, 0.25) is 0 Å². The van der Waals surface area contributed by atoms with Crippen molar-refractivity contribution in [2.24, 2.45) is 5.92 Å². The van der Waals surface area contributed by atoms with E-state index < -0.39 is 7.82 Å². The van der Waals surface area contributed by atoms with Crippen LogP contribution in [0, 0.1) is 5.92 Å². The maximum Gasteiger partial charge on any atom is 0.474 e. The minimum atomic E-state index is -3.18. The van der Waals surface area contributed by atoms with Crippen LogP contribution >= 0.6 is 7.82 Å². The van der Waals surface area contributed by atoms with Crippen LogP contribution in [0.5, 0.6) is 0 Å². The molecule has 0 amide bonds. The largest absolute Gasteiger partial charge is 0.474 e. The van der Waals surface area contributed by atoms with Gasteiger partial charge in [-0.25, -0.2) is 4.57 Å². The monoisotopic (exact) mass is 208 g/mol. The Kier molecular flexibility index (Phi) is 4.39. The topological polar surface area (TPSA) is 44.8 Å². The third-order valence-electron chi connectivity index (χ3n) is 2.00. The zero-order valence-electron chi connectivity index (χ0n) is 8.19. The number of rotatable bonds is 4. The highest BCUT2D eigenvalue weighted by atomic mass is 31.2. The van der Waals surface area contributed by atoms with E-state index in [1.165, 1.54) is 0 Å². The molecule has 0 aromatic rings. The van der Waals surface area contributed by atoms with E-state index in [1.807, 2.05) is 6.92 Å². The normalized spacial score (nSPS) is 24.2. The molecule has 1 aliphatic heterocycles. The summed E-state index contributed by atoms with van der Waals surface area (Å²) in [6.07, 6.45) is 1.79. The molecule has 4 nitrogen and oxygen atoms in total. The number of hydrogen-bond donors (Lipinski definition) is 0. The van der Waals surface area contributed by atoms with Crippen LogP contribution in [-0.4, -0.2) is 19.8 Å². The van der Waals surface area contributed by atoms with Gasteiger partial charge in [-0.1, -0.05) is 20.3 Å². The zero-order chi connectivity index (χ0) is 9.73. The molecule has 1 aliphatic rings. The minimum absolute atomic E-state index is 0.389. The van der Waals surface area contributed by atoms with Crippen molar-refractivity contribution in [2.45, 2.75) is 26.7 Å². The van der Waals surface area contributed by atoms with E-state index in [0.717, 1.165) is 12.8 Å². The molecule has 1 atom stereocenters. The van der Waals surface area contributed by atoms with Gasteiger partial charge in [0.1, 0.15) is 0 Å². The maximum absolute atomic E-state index is 11.6. The van der Waals surface area contributed by atoms with E-state index in [1.54, 1.807) is 0 Å². The summed E-state index contributed by atoms with van der Waals surface area (Å²) in [7, 11) is -3.18. The molecule has 0 aromatic heterocycles. The molecule has 13 heavy (non-hydrogen) atoms. The van der Waals surface area contributed by atoms with E-state index in [4.69, 9.17) is 13.6 Å². The predicted molar refractivity (Wildman–Crippen MR) is 49.5 cm³/mol. The summed E-state index contributed by atoms with van der Waals surface area (Å²) in [4.78, 5) is 0. The molecule has 1 saturated heterocycles. The molecule has 1 rings (SSSR count). The first-order valence-electron chi connectivity index (χ1n) is 4.70. The molecule has 0 radical (unpaired) electrons. The van der Waals surface area contributed by atoms with Gasteiger partial charge in [0.25, 0.3) is 0 Å². The van der Waals surface area contributed by atoms with Crippen molar-refractivity contribution in [1.29, 1.82) is 0 Å². The van der Waals surface area contributed by atoms with Crippen molar-refractivity contribution in [1.82, 2.24) is 0 Å². The lowest BCUT2D eigenvalue weighted by Gasteiger charge is -2.22. The predicted octanol–water partition coefficient (Wildman–Crippen LogP) is 2.59. The number of phosphoric acid groups is 1. The molecular weight excluding hydrogens is 191 g/mol. The summed E-state index contributed by atoms with van der Waals surface area (Å²) in [5.41, 5.74) is 0. The van der Waals surface area contributed by atoms with Crippen LogP contribution in [0.2, 0.25) is 0 Å². The highest BCUT2D eigenvalue weighted by Crippen LogP contribution is 2.51. The Bertz CT molecular complexity index is 185. The van der Waals surface area contributed by atoms with Gasteiger partial charge >= 0.3 is 7.82 Å². The molecule has 0 aliphatic carbocycles. The molecule has 78 valence electrons. The van der Waals surface area contributed by atoms with Crippen molar-refractivity contribution in [3.63, 3.8) is 0 Å². The summed E-state index contributed by atoms with van der Waals surface area (Å²) in [5, 5.41) is 0. The number of hydrogen-bond acceptors (Lipinski definition) is 4. The lowest BCUT2D eigenvalue weighted by Crippen LogP contribution is -2.12. The van der Waals surface area contributed by atoms with E-state index in [0.29, 0.717) is 25.7 Å². The van der Waals surface area contributed by atoms with Crippen LogP contribution in [0.25, 0.3) is 0 Å². The molecule has 0 aromatic carbocycles. The van der Waals surface area contributed by atoms with Gasteiger partial charge in [-0.2, -0.15) is 0 Å². The molecular formula is C8H17O4P. The maximum atomic E-state index is 11.6. The van der Waals surface area contributed by atoms with Crippen LogP contribution < -0.4 is 0 Å². The van der Waals surface area contributed by atoms with Crippen LogP contribution in [0.1, 0.15) is 26.7 Å². The van der Waals surface area contributed by atoms with E-state index >= 15 is 0 Å². The third-order valence-corrected chi connectivity index (χ3v) is 3.46. The molecule has 0 spiro atoms. The smallest absolute Gasteiger partial charge is 0.287 e. The van der Waals surface area contributed by atoms with Crippen molar-refractivity contribution in [2.75, 3.05) is 19.8 Å². The van der Waals surface area contributed by atoms with Gasteiger partial charge in [-0.15, -0.1) is 0 Å². The van der Waals surface area contributed by atoms with Crippen molar-refractivity contribution < 1.29 is 18.1 Å². The standard InChI is InChI=1S/C8H17O4P/c1-3-8(2)7-12-13(9)10-5-4-6-11-13/h8H,3-7H2,1-2H3. The summed E-state index contributed by atoms with van der Waals surface area (Å²) in [6.45, 7) is 5.48. The van der Waals surface area contributed by atoms with Crippen molar-refractivity contribution >= 4 is 7.82 Å². The Morgan fingerprint density at radius 1 is 1.46 bits per heavy atom. The highest BCUT2D eigenvalue weighted by Gasteiger charge is 2.29. The van der Waals surface area contributed by atoms with Gasteiger partial charge in [0, 0.05) is 0 Å². The highest BCUT2D eigenvalue weighted by molar-refractivity contribution is 7.48. The average Bonchev–Trinajstić information content (AvgIpc) is 2.15. The van der Waals surface area contributed by atoms with Crippen LogP contribution in [0.4, 0.5) is 0 Å². The second-order valence-corrected chi connectivity index (χ2v) is 4.95. The van der Waals surface area contributed by atoms with E-state index in [-0.39, 0.29) is 0 Å². The van der Waals surface area contributed by atoms with E-state index in [9.17, 15) is 4.57 Å². The van der Waals surface area contributed by atoms with Crippen LogP contribution in [-0.2, 0) is 18.1 Å². The second kappa shape index (κ2) is 5.11. The Balaban J connectivity index is 2.29. The first-order chi connectivity index (χ1) is 6.16. The molecule has 0 N–H and O–H groups in total. The fraction of sp³-hybridized carbons (Fsp3) is 1.00. The second-order valence-electron chi connectivity index (χ2n) is 3.28. The zero-order valence-corrected chi connectivity index (χ0v) is 9.09. The Morgan fingerprint density at radius 2 is 2.08 bits per heavy atom. The summed E-state index contributed by atoms with van der Waals surface area (Å²) < 4.78 is 26.7. The van der Waals surface area contributed by atoms with Gasteiger partial charge < -0.3 is 0 Å². The summed E-state index contributed by atoms with van der Waals surface area (Å²) in [5.74, 6) is 0.389. The lowest BCUT2D eigenvalue weighted by atomic mass is 10.1. The van der Waals surface area contributed by atoms with Gasteiger partial charge in [-0.05, 0) is 12.3 Å². The van der Waals surface area contributed by atoms with Gasteiger partial charge in [0.05, 0.1) is 19.8 Å². The fourth-order valence-electron chi connectivity index (χ4n) is 0.860. The molecule has 5 heteroatoms. The average molecular weight is 208 g/mol. The fourth-order valence-corrected chi connectivity index (χ4v) is 2.23. The van der Waals surface area contributed by atoms with Crippen LogP contribution in [0.15, 0.2) is 0 Å². The molecule has 0 saturated carbocycles. The lowest BCUT2D eigenvalue weighted by molar-refractivity contribution is 0.0669. The summed E-state index contributed by atoms with van der Waals surface area (Å²) >= 11 is 0. The van der Waals surface area contributed by atoms with Crippen LogP contribution in [0.3, 0.4) is 0 Å². The quantitative estimate of drug-likeness (QED) is 0.666.